The van der Waals surface area contributed by atoms with E-state index in [1.165, 1.54) is 6.07 Å². The quantitative estimate of drug-likeness (QED) is 0.897. The van der Waals surface area contributed by atoms with Gasteiger partial charge in [-0.1, -0.05) is 12.1 Å². The van der Waals surface area contributed by atoms with Gasteiger partial charge in [0, 0.05) is 26.7 Å². The summed E-state index contributed by atoms with van der Waals surface area (Å²) in [4.78, 5) is 2.06. The van der Waals surface area contributed by atoms with Crippen molar-refractivity contribution in [3.63, 3.8) is 0 Å². The predicted molar refractivity (Wildman–Crippen MR) is 71.2 cm³/mol. The van der Waals surface area contributed by atoms with Gasteiger partial charge < -0.3 is 15.4 Å². The summed E-state index contributed by atoms with van der Waals surface area (Å²) in [6, 6.07) is 5.09. The summed E-state index contributed by atoms with van der Waals surface area (Å²) in [5, 5.41) is 0. The van der Waals surface area contributed by atoms with Gasteiger partial charge in [-0.3, -0.25) is 0 Å². The Balaban J connectivity index is 2.31. The van der Waals surface area contributed by atoms with Crippen LogP contribution in [0.4, 0.5) is 10.1 Å². The highest BCUT2D eigenvalue weighted by Gasteiger charge is 2.32. The van der Waals surface area contributed by atoms with E-state index in [0.717, 1.165) is 24.9 Å². The van der Waals surface area contributed by atoms with Crippen LogP contribution >= 0.6 is 0 Å². The number of piperidine rings is 1. The molecule has 0 amide bonds. The van der Waals surface area contributed by atoms with Crippen LogP contribution in [-0.2, 0) is 11.3 Å². The Morgan fingerprint density at radius 3 is 2.94 bits per heavy atom. The van der Waals surface area contributed by atoms with Crippen molar-refractivity contribution in [2.45, 2.75) is 31.9 Å². The number of halogens is 1. The molecule has 1 unspecified atom stereocenters. The SMILES string of the molecule is COC1(C)CCCN(c2c(F)cccc2CN)C1. The molecule has 0 aliphatic carbocycles. The number of ether oxygens (including phenoxy) is 1. The van der Waals surface area contributed by atoms with Gasteiger partial charge in [0.05, 0.1) is 11.3 Å². The predicted octanol–water partition coefficient (Wildman–Crippen LogP) is 2.29. The zero-order valence-corrected chi connectivity index (χ0v) is 11.1. The zero-order valence-electron chi connectivity index (χ0n) is 11.1. The number of nitrogens with two attached hydrogens (primary N) is 1. The molecule has 0 radical (unpaired) electrons. The van der Waals surface area contributed by atoms with E-state index >= 15 is 0 Å². The Kier molecular flexibility index (Phi) is 3.88. The Bertz CT molecular complexity index is 424. The van der Waals surface area contributed by atoms with Crippen LogP contribution in [0.15, 0.2) is 18.2 Å². The highest BCUT2D eigenvalue weighted by atomic mass is 19.1. The van der Waals surface area contributed by atoms with Gasteiger partial charge in [-0.2, -0.15) is 0 Å². The molecule has 1 aliphatic rings. The first kappa shape index (κ1) is 13.3. The van der Waals surface area contributed by atoms with Gasteiger partial charge in [0.15, 0.2) is 0 Å². The van der Waals surface area contributed by atoms with Crippen molar-refractivity contribution in [1.29, 1.82) is 0 Å². The fourth-order valence-corrected chi connectivity index (χ4v) is 2.64. The molecule has 0 spiro atoms. The maximum absolute atomic E-state index is 14.0. The molecule has 4 heteroatoms. The molecule has 0 aromatic heterocycles. The summed E-state index contributed by atoms with van der Waals surface area (Å²) in [7, 11) is 1.72. The van der Waals surface area contributed by atoms with E-state index in [1.54, 1.807) is 13.2 Å². The van der Waals surface area contributed by atoms with Gasteiger partial charge in [0.25, 0.3) is 0 Å². The van der Waals surface area contributed by atoms with E-state index in [0.29, 0.717) is 18.8 Å². The molecule has 100 valence electrons. The fraction of sp³-hybridized carbons (Fsp3) is 0.571. The molecule has 1 saturated heterocycles. The molecule has 1 aliphatic heterocycles. The normalized spacial score (nSPS) is 24.3. The molecular formula is C14H21FN2O. The molecule has 1 heterocycles. The first-order valence-corrected chi connectivity index (χ1v) is 6.37. The second kappa shape index (κ2) is 5.24. The van der Waals surface area contributed by atoms with E-state index in [1.807, 2.05) is 6.07 Å². The number of para-hydroxylation sites is 1. The van der Waals surface area contributed by atoms with E-state index in [2.05, 4.69) is 11.8 Å². The van der Waals surface area contributed by atoms with Crippen LogP contribution in [0.2, 0.25) is 0 Å². The molecule has 0 bridgehead atoms. The molecule has 1 aromatic rings. The van der Waals surface area contributed by atoms with Crippen LogP contribution in [0.1, 0.15) is 25.3 Å². The number of benzene rings is 1. The monoisotopic (exact) mass is 252 g/mol. The fourth-order valence-electron chi connectivity index (χ4n) is 2.64. The number of anilines is 1. The van der Waals surface area contributed by atoms with Crippen molar-refractivity contribution in [1.82, 2.24) is 0 Å². The van der Waals surface area contributed by atoms with Gasteiger partial charge in [-0.15, -0.1) is 0 Å². The second-order valence-corrected chi connectivity index (χ2v) is 5.13. The van der Waals surface area contributed by atoms with Crippen LogP contribution in [0.25, 0.3) is 0 Å². The summed E-state index contributed by atoms with van der Waals surface area (Å²) >= 11 is 0. The van der Waals surface area contributed by atoms with Gasteiger partial charge >= 0.3 is 0 Å². The van der Waals surface area contributed by atoms with Crippen LogP contribution < -0.4 is 10.6 Å². The lowest BCUT2D eigenvalue weighted by Crippen LogP contribution is -2.48. The lowest BCUT2D eigenvalue weighted by molar-refractivity contribution is -0.00479. The molecule has 2 rings (SSSR count). The van der Waals surface area contributed by atoms with Crippen LogP contribution in [-0.4, -0.2) is 25.8 Å². The van der Waals surface area contributed by atoms with E-state index in [9.17, 15) is 4.39 Å². The largest absolute Gasteiger partial charge is 0.377 e. The lowest BCUT2D eigenvalue weighted by Gasteiger charge is -2.41. The third kappa shape index (κ3) is 2.49. The zero-order chi connectivity index (χ0) is 13.2. The topological polar surface area (TPSA) is 38.5 Å². The van der Waals surface area contributed by atoms with Gasteiger partial charge in [0.1, 0.15) is 5.82 Å². The van der Waals surface area contributed by atoms with Gasteiger partial charge in [-0.05, 0) is 31.4 Å². The van der Waals surface area contributed by atoms with E-state index in [-0.39, 0.29) is 11.4 Å². The summed E-state index contributed by atoms with van der Waals surface area (Å²) in [5.74, 6) is -0.196. The molecular weight excluding hydrogens is 231 g/mol. The number of hydrogen-bond acceptors (Lipinski definition) is 3. The third-order valence-electron chi connectivity index (χ3n) is 3.76. The minimum Gasteiger partial charge on any atom is -0.377 e. The van der Waals surface area contributed by atoms with Gasteiger partial charge in [-0.25, -0.2) is 4.39 Å². The smallest absolute Gasteiger partial charge is 0.146 e. The summed E-state index contributed by atoms with van der Waals surface area (Å²) < 4.78 is 19.6. The average molecular weight is 252 g/mol. The number of methoxy groups -OCH3 is 1. The van der Waals surface area contributed by atoms with Crippen LogP contribution in [0.3, 0.4) is 0 Å². The van der Waals surface area contributed by atoms with Crippen molar-refractivity contribution < 1.29 is 9.13 Å². The van der Waals surface area contributed by atoms with E-state index < -0.39 is 0 Å². The number of rotatable bonds is 3. The first-order chi connectivity index (χ1) is 8.59. The van der Waals surface area contributed by atoms with Gasteiger partial charge in [0.2, 0.25) is 0 Å². The first-order valence-electron chi connectivity index (χ1n) is 6.37. The minimum absolute atomic E-state index is 0.196. The minimum atomic E-state index is -0.202. The maximum Gasteiger partial charge on any atom is 0.146 e. The number of hydrogen-bond donors (Lipinski definition) is 1. The molecule has 3 nitrogen and oxygen atoms in total. The van der Waals surface area contributed by atoms with Crippen molar-refractivity contribution in [2.24, 2.45) is 5.73 Å². The summed E-state index contributed by atoms with van der Waals surface area (Å²) in [6.45, 7) is 3.99. The van der Waals surface area contributed by atoms with Crippen molar-refractivity contribution in [2.75, 3.05) is 25.1 Å². The number of nitrogens with zero attached hydrogens (tertiary/aromatic N) is 1. The average Bonchev–Trinajstić information content (AvgIpc) is 2.38. The Hall–Kier alpha value is -1.13. The Labute approximate surface area is 108 Å². The van der Waals surface area contributed by atoms with Crippen LogP contribution in [0.5, 0.6) is 0 Å². The Morgan fingerprint density at radius 2 is 2.28 bits per heavy atom. The molecule has 1 atom stereocenters. The molecule has 1 fully saturated rings. The molecule has 0 saturated carbocycles. The van der Waals surface area contributed by atoms with E-state index in [4.69, 9.17) is 10.5 Å². The molecule has 18 heavy (non-hydrogen) atoms. The van der Waals surface area contributed by atoms with Crippen molar-refractivity contribution >= 4 is 5.69 Å². The second-order valence-electron chi connectivity index (χ2n) is 5.13. The molecule has 1 aromatic carbocycles. The van der Waals surface area contributed by atoms with Crippen molar-refractivity contribution in [3.05, 3.63) is 29.6 Å². The lowest BCUT2D eigenvalue weighted by atomic mass is 9.93. The van der Waals surface area contributed by atoms with Crippen LogP contribution in [0, 0.1) is 5.82 Å². The summed E-state index contributed by atoms with van der Waals surface area (Å²) in [6.07, 6.45) is 2.01. The molecule has 2 N–H and O–H groups in total. The highest BCUT2D eigenvalue weighted by molar-refractivity contribution is 5.55. The Morgan fingerprint density at radius 1 is 1.50 bits per heavy atom. The maximum atomic E-state index is 14.0. The van der Waals surface area contributed by atoms with Crippen molar-refractivity contribution in [3.8, 4) is 0 Å². The third-order valence-corrected chi connectivity index (χ3v) is 3.76. The summed E-state index contributed by atoms with van der Waals surface area (Å²) in [5.41, 5.74) is 7.00. The highest BCUT2D eigenvalue weighted by Crippen LogP contribution is 2.31. The standard InChI is InChI=1S/C14H21FN2O/c1-14(18-2)7-4-8-17(10-14)13-11(9-16)5-3-6-12(13)15/h3,5-6H,4,7-10,16H2,1-2H3.